The van der Waals surface area contributed by atoms with Crippen molar-refractivity contribution in [1.82, 2.24) is 15.0 Å². The largest absolute Gasteiger partial charge is 0.337 e. The zero-order valence-electron chi connectivity index (χ0n) is 20.2. The maximum Gasteiger partial charge on any atom is 0.332 e. The number of fused-ring (bicyclic) bond motifs is 1. The Hall–Kier alpha value is -3.48. The average Bonchev–Trinajstić information content (AvgIpc) is 3.27. The van der Waals surface area contributed by atoms with Gasteiger partial charge in [0.05, 0.1) is 11.6 Å². The summed E-state index contributed by atoms with van der Waals surface area (Å²) in [6.07, 6.45) is 3.58. The van der Waals surface area contributed by atoms with E-state index in [4.69, 9.17) is 4.52 Å². The first-order valence-corrected chi connectivity index (χ1v) is 11.9. The minimum absolute atomic E-state index is 0.0997. The van der Waals surface area contributed by atoms with Gasteiger partial charge in [-0.3, -0.25) is 4.79 Å². The minimum Gasteiger partial charge on any atom is -0.337 e. The van der Waals surface area contributed by atoms with Gasteiger partial charge in [0.15, 0.2) is 0 Å². The van der Waals surface area contributed by atoms with Crippen molar-refractivity contribution in [3.05, 3.63) is 64.5 Å². The van der Waals surface area contributed by atoms with E-state index < -0.39 is 0 Å². The van der Waals surface area contributed by atoms with Crippen molar-refractivity contribution in [2.45, 2.75) is 66.0 Å². The summed E-state index contributed by atoms with van der Waals surface area (Å²) in [5.41, 5.74) is 5.90. The van der Waals surface area contributed by atoms with Crippen molar-refractivity contribution in [3.63, 3.8) is 0 Å². The fourth-order valence-electron chi connectivity index (χ4n) is 5.27. The van der Waals surface area contributed by atoms with Gasteiger partial charge in [0.1, 0.15) is 6.54 Å². The van der Waals surface area contributed by atoms with E-state index in [0.717, 1.165) is 47.9 Å². The van der Waals surface area contributed by atoms with Crippen LogP contribution < -0.4 is 4.90 Å². The molecule has 0 N–H and O–H groups in total. The number of aryl methyl sites for hydroxylation is 4. The molecule has 2 fully saturated rings. The molecule has 1 saturated carbocycles. The molecule has 7 heteroatoms. The summed E-state index contributed by atoms with van der Waals surface area (Å²) in [5.74, 6) is 0.567. The first kappa shape index (κ1) is 22.3. The Labute approximate surface area is 199 Å². The number of hydrogen-bond acceptors (Lipinski definition) is 5. The van der Waals surface area contributed by atoms with Crippen LogP contribution in [0.2, 0.25) is 0 Å². The van der Waals surface area contributed by atoms with Crippen molar-refractivity contribution in [3.8, 4) is 11.4 Å². The number of carbonyl (C=O) groups is 2. The van der Waals surface area contributed by atoms with Crippen LogP contribution in [-0.4, -0.2) is 33.0 Å². The van der Waals surface area contributed by atoms with Crippen LogP contribution in [0.4, 0.5) is 10.5 Å². The van der Waals surface area contributed by atoms with Crippen molar-refractivity contribution in [1.29, 1.82) is 0 Å². The quantitative estimate of drug-likeness (QED) is 0.516. The number of carbonyl (C=O) groups excluding carboxylic acids is 2. The van der Waals surface area contributed by atoms with E-state index in [1.165, 1.54) is 10.5 Å². The van der Waals surface area contributed by atoms with Gasteiger partial charge in [-0.1, -0.05) is 36.2 Å². The molecule has 0 radical (unpaired) electrons. The molecule has 2 heterocycles. The van der Waals surface area contributed by atoms with E-state index in [0.29, 0.717) is 17.4 Å². The van der Waals surface area contributed by atoms with Gasteiger partial charge in [0, 0.05) is 11.6 Å². The molecule has 3 amide bonds. The number of imide groups is 1. The van der Waals surface area contributed by atoms with Gasteiger partial charge in [-0.25, -0.2) is 9.69 Å². The molecule has 1 aromatic heterocycles. The summed E-state index contributed by atoms with van der Waals surface area (Å²) in [4.78, 5) is 34.9. The zero-order chi connectivity index (χ0) is 24.0. The van der Waals surface area contributed by atoms with E-state index in [9.17, 15) is 9.59 Å². The monoisotopic (exact) mass is 458 g/mol. The lowest BCUT2D eigenvalue weighted by atomic mass is 9.81. The molecule has 2 atom stereocenters. The Bertz CT molecular complexity index is 1240. The molecule has 0 bridgehead atoms. The highest BCUT2D eigenvalue weighted by molar-refractivity contribution is 6.17. The summed E-state index contributed by atoms with van der Waals surface area (Å²) in [6.45, 7) is 8.25. The molecule has 5 rings (SSSR count). The smallest absolute Gasteiger partial charge is 0.332 e. The Morgan fingerprint density at radius 3 is 2.41 bits per heavy atom. The Morgan fingerprint density at radius 2 is 1.68 bits per heavy atom. The highest BCUT2D eigenvalue weighted by atomic mass is 16.5. The molecule has 7 nitrogen and oxygen atoms in total. The molecule has 2 unspecified atom stereocenters. The number of benzene rings is 2. The molecular formula is C27H30N4O3. The summed E-state index contributed by atoms with van der Waals surface area (Å²) in [5, 5.41) is 4.16. The van der Waals surface area contributed by atoms with Gasteiger partial charge in [0.2, 0.25) is 17.6 Å². The Morgan fingerprint density at radius 1 is 0.941 bits per heavy atom. The third-order valence-electron chi connectivity index (χ3n) is 7.11. The Kier molecular flexibility index (Phi) is 5.71. The zero-order valence-corrected chi connectivity index (χ0v) is 20.2. The average molecular weight is 459 g/mol. The van der Waals surface area contributed by atoms with E-state index in [-0.39, 0.29) is 30.4 Å². The van der Waals surface area contributed by atoms with Crippen LogP contribution in [-0.2, 0) is 11.3 Å². The van der Waals surface area contributed by atoms with Gasteiger partial charge in [-0.05, 0) is 81.0 Å². The molecule has 3 aromatic rings. The van der Waals surface area contributed by atoms with Crippen LogP contribution in [0.5, 0.6) is 0 Å². The fraction of sp³-hybridized carbons (Fsp3) is 0.407. The van der Waals surface area contributed by atoms with Crippen LogP contribution in [0.1, 0.15) is 53.8 Å². The van der Waals surface area contributed by atoms with Crippen LogP contribution in [0.25, 0.3) is 11.4 Å². The maximum absolute atomic E-state index is 13.7. The summed E-state index contributed by atoms with van der Waals surface area (Å²) in [7, 11) is 0. The highest BCUT2D eigenvalue weighted by Crippen LogP contribution is 2.37. The molecule has 0 spiro atoms. The van der Waals surface area contributed by atoms with Gasteiger partial charge < -0.3 is 9.42 Å². The third kappa shape index (κ3) is 4.00. The molecule has 1 aliphatic carbocycles. The number of nitrogens with zero attached hydrogens (tertiary/aromatic N) is 4. The summed E-state index contributed by atoms with van der Waals surface area (Å²) >= 11 is 0. The molecular weight excluding hydrogens is 428 g/mol. The van der Waals surface area contributed by atoms with Crippen LogP contribution in [0, 0.1) is 33.6 Å². The second-order valence-corrected chi connectivity index (χ2v) is 9.70. The minimum atomic E-state index is -0.316. The molecule has 2 aromatic carbocycles. The van der Waals surface area contributed by atoms with Crippen LogP contribution in [0.15, 0.2) is 40.9 Å². The predicted octanol–water partition coefficient (Wildman–Crippen LogP) is 5.50. The Balaban J connectivity index is 1.47. The number of hydrogen-bond donors (Lipinski definition) is 0. The summed E-state index contributed by atoms with van der Waals surface area (Å²) in [6, 6.07) is 11.4. The maximum atomic E-state index is 13.7. The van der Waals surface area contributed by atoms with Gasteiger partial charge in [0.25, 0.3) is 0 Å². The van der Waals surface area contributed by atoms with E-state index in [1.807, 2.05) is 57.2 Å². The number of aromatic nitrogens is 2. The second-order valence-electron chi connectivity index (χ2n) is 9.70. The van der Waals surface area contributed by atoms with Gasteiger partial charge in [-0.15, -0.1) is 0 Å². The standard InChI is InChI=1S/C27H30N4O3/c1-16-11-17(2)13-21(12-16)31-26(32)22-7-5-6-8-23(22)30(27(31)33)15-24-28-25(29-34-24)20-10-9-18(3)19(4)14-20/h9-14,22-23H,5-8,15H2,1-4H3. The van der Waals surface area contributed by atoms with E-state index >= 15 is 0 Å². The van der Waals surface area contributed by atoms with Gasteiger partial charge >= 0.3 is 6.03 Å². The second kappa shape index (κ2) is 8.70. The molecule has 1 aliphatic heterocycles. The van der Waals surface area contributed by atoms with E-state index in [2.05, 4.69) is 17.1 Å². The third-order valence-corrected chi connectivity index (χ3v) is 7.11. The first-order valence-electron chi connectivity index (χ1n) is 11.9. The van der Waals surface area contributed by atoms with Crippen LogP contribution in [0.3, 0.4) is 0 Å². The SMILES string of the molecule is Cc1cc(C)cc(N2C(=O)C3CCCCC3N(Cc3nc(-c4ccc(C)c(C)c4)no3)C2=O)c1. The number of anilines is 1. The van der Waals surface area contributed by atoms with Crippen molar-refractivity contribution in [2.24, 2.45) is 5.92 Å². The molecule has 34 heavy (non-hydrogen) atoms. The summed E-state index contributed by atoms with van der Waals surface area (Å²) < 4.78 is 5.57. The lowest BCUT2D eigenvalue weighted by Gasteiger charge is -2.46. The number of amides is 3. The van der Waals surface area contributed by atoms with Crippen LogP contribution >= 0.6 is 0 Å². The normalized spacial score (nSPS) is 20.6. The highest BCUT2D eigenvalue weighted by Gasteiger charge is 2.48. The lowest BCUT2D eigenvalue weighted by molar-refractivity contribution is -0.127. The lowest BCUT2D eigenvalue weighted by Crippen LogP contribution is -2.62. The fourth-order valence-corrected chi connectivity index (χ4v) is 5.27. The number of rotatable bonds is 4. The first-order chi connectivity index (χ1) is 16.3. The number of urea groups is 1. The van der Waals surface area contributed by atoms with Crippen molar-refractivity contribution >= 4 is 17.6 Å². The van der Waals surface area contributed by atoms with E-state index in [1.54, 1.807) is 4.90 Å². The van der Waals surface area contributed by atoms with Crippen molar-refractivity contribution < 1.29 is 14.1 Å². The molecule has 2 aliphatic rings. The topological polar surface area (TPSA) is 79.5 Å². The van der Waals surface area contributed by atoms with Crippen molar-refractivity contribution in [2.75, 3.05) is 4.90 Å². The molecule has 1 saturated heterocycles. The predicted molar refractivity (Wildman–Crippen MR) is 129 cm³/mol. The molecule has 176 valence electrons. The van der Waals surface area contributed by atoms with Gasteiger partial charge in [-0.2, -0.15) is 4.98 Å².